The monoisotopic (exact) mass is 382 g/mol. The Kier molecular flexibility index (Phi) is 7.08. The second-order valence-electron chi connectivity index (χ2n) is 6.09. The molecule has 0 saturated carbocycles. The van der Waals surface area contributed by atoms with E-state index in [0.717, 1.165) is 17.7 Å². The number of carbonyl (C=O) groups excluding carboxylic acids is 1. The van der Waals surface area contributed by atoms with Gasteiger partial charge in [0, 0.05) is 19.0 Å². The van der Waals surface area contributed by atoms with Crippen molar-refractivity contribution in [3.05, 3.63) is 71.3 Å². The molecule has 2 N–H and O–H groups in total. The van der Waals surface area contributed by atoms with Crippen LogP contribution in [0.4, 0.5) is 8.78 Å². The summed E-state index contributed by atoms with van der Waals surface area (Å²) in [6, 6.07) is 12.7. The van der Waals surface area contributed by atoms with Crippen LogP contribution in [0.3, 0.4) is 0 Å². The minimum absolute atomic E-state index is 0. The second-order valence-corrected chi connectivity index (χ2v) is 6.09. The van der Waals surface area contributed by atoms with Gasteiger partial charge in [0.05, 0.1) is 13.2 Å². The van der Waals surface area contributed by atoms with Gasteiger partial charge >= 0.3 is 0 Å². The van der Waals surface area contributed by atoms with E-state index in [1.807, 2.05) is 30.3 Å². The van der Waals surface area contributed by atoms with Crippen molar-refractivity contribution in [3.63, 3.8) is 0 Å². The summed E-state index contributed by atoms with van der Waals surface area (Å²) in [5, 5.41) is 0. The third-order valence-electron chi connectivity index (χ3n) is 4.36. The Morgan fingerprint density at radius 3 is 2.62 bits per heavy atom. The van der Waals surface area contributed by atoms with Crippen molar-refractivity contribution in [1.29, 1.82) is 0 Å². The molecule has 0 aromatic heterocycles. The van der Waals surface area contributed by atoms with E-state index in [0.29, 0.717) is 25.3 Å². The highest BCUT2D eigenvalue weighted by Crippen LogP contribution is 2.25. The number of nitrogens with zero attached hydrogens (tertiary/aromatic N) is 1. The number of rotatable bonds is 4. The molecule has 140 valence electrons. The Hall–Kier alpha value is -2.02. The molecule has 3 rings (SSSR count). The predicted molar refractivity (Wildman–Crippen MR) is 96.9 cm³/mol. The van der Waals surface area contributed by atoms with Crippen LogP contribution in [0.5, 0.6) is 0 Å². The molecule has 1 aliphatic heterocycles. The minimum atomic E-state index is -0.921. The van der Waals surface area contributed by atoms with E-state index in [1.54, 1.807) is 4.90 Å². The second kappa shape index (κ2) is 9.07. The molecule has 7 heteroatoms. The Bertz CT molecular complexity index is 746. The Labute approximate surface area is 157 Å². The third-order valence-corrected chi connectivity index (χ3v) is 4.36. The van der Waals surface area contributed by atoms with E-state index in [1.165, 1.54) is 6.07 Å². The average Bonchev–Trinajstić information content (AvgIpc) is 2.64. The molecule has 4 nitrogen and oxygen atoms in total. The quantitative estimate of drug-likeness (QED) is 0.882. The van der Waals surface area contributed by atoms with Gasteiger partial charge in [-0.15, -0.1) is 12.4 Å². The molecule has 2 aromatic rings. The lowest BCUT2D eigenvalue weighted by atomic mass is 10.0. The standard InChI is InChI=1S/C19H20F2N2O2.ClH/c20-15-7-6-14(10-16(15)21)18-12-23(8-9-25-18)19(24)11-17(22)13-4-2-1-3-5-13;/h1-7,10,17-18H,8-9,11-12,22H2;1H. The number of amides is 1. The summed E-state index contributed by atoms with van der Waals surface area (Å²) < 4.78 is 32.1. The first-order chi connectivity index (χ1) is 12.0. The molecular weight excluding hydrogens is 362 g/mol. The number of hydrogen-bond acceptors (Lipinski definition) is 3. The van der Waals surface area contributed by atoms with Crippen molar-refractivity contribution >= 4 is 18.3 Å². The molecule has 0 bridgehead atoms. The number of hydrogen-bond donors (Lipinski definition) is 1. The molecule has 2 atom stereocenters. The van der Waals surface area contributed by atoms with Crippen molar-refractivity contribution < 1.29 is 18.3 Å². The van der Waals surface area contributed by atoms with Crippen LogP contribution in [0.25, 0.3) is 0 Å². The van der Waals surface area contributed by atoms with Crippen molar-refractivity contribution in [2.45, 2.75) is 18.6 Å². The van der Waals surface area contributed by atoms with E-state index in [4.69, 9.17) is 10.5 Å². The highest BCUT2D eigenvalue weighted by atomic mass is 35.5. The molecule has 1 heterocycles. The summed E-state index contributed by atoms with van der Waals surface area (Å²) in [4.78, 5) is 14.2. The van der Waals surface area contributed by atoms with Gasteiger partial charge in [0.25, 0.3) is 0 Å². The lowest BCUT2D eigenvalue weighted by Gasteiger charge is -2.34. The molecule has 1 aliphatic rings. The zero-order valence-electron chi connectivity index (χ0n) is 14.1. The summed E-state index contributed by atoms with van der Waals surface area (Å²) >= 11 is 0. The van der Waals surface area contributed by atoms with Gasteiger partial charge in [0.2, 0.25) is 5.91 Å². The molecule has 0 aliphatic carbocycles. The molecule has 2 unspecified atom stereocenters. The normalized spacial score (nSPS) is 18.1. The van der Waals surface area contributed by atoms with Crippen LogP contribution < -0.4 is 5.73 Å². The van der Waals surface area contributed by atoms with E-state index in [-0.39, 0.29) is 30.8 Å². The number of nitrogens with two attached hydrogens (primary N) is 1. The molecule has 0 spiro atoms. The lowest BCUT2D eigenvalue weighted by molar-refractivity contribution is -0.139. The zero-order chi connectivity index (χ0) is 17.8. The summed E-state index contributed by atoms with van der Waals surface area (Å²) in [7, 11) is 0. The van der Waals surface area contributed by atoms with Crippen LogP contribution in [-0.4, -0.2) is 30.5 Å². The van der Waals surface area contributed by atoms with Crippen LogP contribution in [0.2, 0.25) is 0 Å². The number of ether oxygens (including phenoxy) is 1. The van der Waals surface area contributed by atoms with Gasteiger partial charge in [0.15, 0.2) is 11.6 Å². The fraction of sp³-hybridized carbons (Fsp3) is 0.316. The molecule has 0 radical (unpaired) electrons. The van der Waals surface area contributed by atoms with Gasteiger partial charge in [-0.3, -0.25) is 4.79 Å². The maximum Gasteiger partial charge on any atom is 0.224 e. The highest BCUT2D eigenvalue weighted by molar-refractivity contribution is 5.85. The number of carbonyl (C=O) groups is 1. The fourth-order valence-corrected chi connectivity index (χ4v) is 2.93. The van der Waals surface area contributed by atoms with Gasteiger partial charge in [-0.1, -0.05) is 36.4 Å². The number of halogens is 3. The van der Waals surface area contributed by atoms with Crippen LogP contribution in [-0.2, 0) is 9.53 Å². The van der Waals surface area contributed by atoms with Gasteiger partial charge in [-0.05, 0) is 23.3 Å². The van der Waals surface area contributed by atoms with Crippen LogP contribution >= 0.6 is 12.4 Å². The number of benzene rings is 2. The predicted octanol–water partition coefficient (Wildman–Crippen LogP) is 3.38. The molecule has 1 saturated heterocycles. The van der Waals surface area contributed by atoms with Crippen molar-refractivity contribution in [1.82, 2.24) is 4.90 Å². The summed E-state index contributed by atoms with van der Waals surface area (Å²) in [5.74, 6) is -1.90. The van der Waals surface area contributed by atoms with E-state index < -0.39 is 17.7 Å². The number of morpholine rings is 1. The summed E-state index contributed by atoms with van der Waals surface area (Å²) in [6.07, 6.45) is -0.283. The van der Waals surface area contributed by atoms with Gasteiger partial charge < -0.3 is 15.4 Å². The Balaban J connectivity index is 0.00000243. The first-order valence-corrected chi connectivity index (χ1v) is 8.19. The first kappa shape index (κ1) is 20.3. The Morgan fingerprint density at radius 1 is 1.19 bits per heavy atom. The zero-order valence-corrected chi connectivity index (χ0v) is 14.9. The SMILES string of the molecule is Cl.NC(CC(=O)N1CCOC(c2ccc(F)c(F)c2)C1)c1ccccc1. The van der Waals surface area contributed by atoms with Gasteiger partial charge in [-0.2, -0.15) is 0 Å². The van der Waals surface area contributed by atoms with Crippen molar-refractivity contribution in [2.75, 3.05) is 19.7 Å². The maximum absolute atomic E-state index is 13.4. The van der Waals surface area contributed by atoms with E-state index in [2.05, 4.69) is 0 Å². The van der Waals surface area contributed by atoms with E-state index in [9.17, 15) is 13.6 Å². The largest absolute Gasteiger partial charge is 0.370 e. The van der Waals surface area contributed by atoms with Crippen LogP contribution in [0, 0.1) is 11.6 Å². The molecule has 1 fully saturated rings. The van der Waals surface area contributed by atoms with Gasteiger partial charge in [-0.25, -0.2) is 8.78 Å². The highest BCUT2D eigenvalue weighted by Gasteiger charge is 2.27. The van der Waals surface area contributed by atoms with Crippen LogP contribution in [0.1, 0.15) is 29.7 Å². The topological polar surface area (TPSA) is 55.6 Å². The van der Waals surface area contributed by atoms with Crippen LogP contribution in [0.15, 0.2) is 48.5 Å². The molecule has 26 heavy (non-hydrogen) atoms. The smallest absolute Gasteiger partial charge is 0.224 e. The molecule has 2 aromatic carbocycles. The van der Waals surface area contributed by atoms with E-state index >= 15 is 0 Å². The molecular formula is C19H21ClF2N2O2. The minimum Gasteiger partial charge on any atom is -0.370 e. The van der Waals surface area contributed by atoms with Crippen molar-refractivity contribution in [3.8, 4) is 0 Å². The average molecular weight is 383 g/mol. The lowest BCUT2D eigenvalue weighted by Crippen LogP contribution is -2.43. The van der Waals surface area contributed by atoms with Crippen molar-refractivity contribution in [2.24, 2.45) is 5.73 Å². The van der Waals surface area contributed by atoms with Gasteiger partial charge in [0.1, 0.15) is 6.10 Å². The third kappa shape index (κ3) is 4.78. The fourth-order valence-electron chi connectivity index (χ4n) is 2.93. The first-order valence-electron chi connectivity index (χ1n) is 8.19. The summed E-state index contributed by atoms with van der Waals surface area (Å²) in [5.41, 5.74) is 7.54. The summed E-state index contributed by atoms with van der Waals surface area (Å²) in [6.45, 7) is 1.10. The maximum atomic E-state index is 13.4. The molecule has 1 amide bonds. The Morgan fingerprint density at radius 2 is 1.92 bits per heavy atom.